The first-order valence-electron chi connectivity index (χ1n) is 10.7. The molecule has 0 aromatic heterocycles. The van der Waals surface area contributed by atoms with E-state index in [9.17, 15) is 19.8 Å². The van der Waals surface area contributed by atoms with Crippen LogP contribution in [0.25, 0.3) is 6.08 Å². The van der Waals surface area contributed by atoms with E-state index in [-0.39, 0.29) is 34.1 Å². The summed E-state index contributed by atoms with van der Waals surface area (Å²) in [5.41, 5.74) is 1.76. The number of hydrogen-bond donors (Lipinski definition) is 2. The summed E-state index contributed by atoms with van der Waals surface area (Å²) in [7, 11) is 1.44. The number of esters is 1. The maximum atomic E-state index is 12.9. The molecule has 0 unspecified atom stereocenters. The summed E-state index contributed by atoms with van der Waals surface area (Å²) in [5.74, 6) is -1.42. The number of aliphatic hydroxyl groups is 1. The van der Waals surface area contributed by atoms with Crippen LogP contribution >= 0.6 is 11.8 Å². The molecule has 3 rings (SSSR count). The van der Waals surface area contributed by atoms with Crippen molar-refractivity contribution in [1.82, 2.24) is 0 Å². The van der Waals surface area contributed by atoms with Crippen molar-refractivity contribution in [2.45, 2.75) is 33.1 Å². The van der Waals surface area contributed by atoms with E-state index < -0.39 is 11.9 Å². The van der Waals surface area contributed by atoms with Crippen molar-refractivity contribution in [3.63, 3.8) is 0 Å². The molecule has 1 aliphatic rings. The third-order valence-electron chi connectivity index (χ3n) is 5.07. The van der Waals surface area contributed by atoms with Crippen LogP contribution in [0.3, 0.4) is 0 Å². The minimum absolute atomic E-state index is 0.0461. The fourth-order valence-corrected chi connectivity index (χ4v) is 4.22. The lowest BCUT2D eigenvalue weighted by Gasteiger charge is -2.18. The molecule has 0 aliphatic carbocycles. The first-order chi connectivity index (χ1) is 16.0. The number of aliphatic imine (C=N–C) groups is 1. The first-order valence-corrected chi connectivity index (χ1v) is 11.5. The highest BCUT2D eigenvalue weighted by atomic mass is 32.2. The number of aromatic hydroxyl groups is 1. The highest BCUT2D eigenvalue weighted by Gasteiger charge is 2.34. The van der Waals surface area contributed by atoms with Gasteiger partial charge in [0.15, 0.2) is 11.5 Å². The number of carbonyl (C=O) groups excluding carboxylic acids is 2. The van der Waals surface area contributed by atoms with Crippen LogP contribution in [-0.4, -0.2) is 40.8 Å². The van der Waals surface area contributed by atoms with Gasteiger partial charge in [-0.25, -0.2) is 9.79 Å². The van der Waals surface area contributed by atoms with Crippen LogP contribution in [0.1, 0.15) is 49.2 Å². The van der Waals surface area contributed by atoms with Crippen LogP contribution in [0, 0.1) is 0 Å². The second kappa shape index (κ2) is 10.2. The Hall–Kier alpha value is -3.52. The van der Waals surface area contributed by atoms with E-state index in [1.807, 2.05) is 12.1 Å². The Morgan fingerprint density at radius 2 is 1.76 bits per heavy atom. The van der Waals surface area contributed by atoms with Gasteiger partial charge in [0.1, 0.15) is 16.4 Å². The SMILES string of the molecule is CCOC(=O)C1=C(O)C(=Cc2ccc(OC)c(O)c2)SC1=NC(=O)c1ccc(C(C)(C)C)cc1. The molecule has 1 amide bonds. The number of benzene rings is 2. The van der Waals surface area contributed by atoms with Gasteiger partial charge in [-0.2, -0.15) is 0 Å². The normalized spacial score (nSPS) is 16.3. The Morgan fingerprint density at radius 3 is 2.32 bits per heavy atom. The van der Waals surface area contributed by atoms with Crippen molar-refractivity contribution in [2.75, 3.05) is 13.7 Å². The predicted octanol–water partition coefficient (Wildman–Crippen LogP) is 5.40. The van der Waals surface area contributed by atoms with Gasteiger partial charge in [-0.15, -0.1) is 0 Å². The molecular formula is C26H27NO6S. The smallest absolute Gasteiger partial charge is 0.344 e. The number of nitrogens with zero attached hydrogens (tertiary/aromatic N) is 1. The quantitative estimate of drug-likeness (QED) is 0.551. The Labute approximate surface area is 202 Å². The molecule has 2 aromatic carbocycles. The number of hydrogen-bond acceptors (Lipinski definition) is 7. The number of carbonyl (C=O) groups is 2. The van der Waals surface area contributed by atoms with Crippen molar-refractivity contribution in [2.24, 2.45) is 4.99 Å². The largest absolute Gasteiger partial charge is 0.506 e. The van der Waals surface area contributed by atoms with Gasteiger partial charge >= 0.3 is 5.97 Å². The molecular weight excluding hydrogens is 454 g/mol. The molecule has 0 fully saturated rings. The Bertz CT molecular complexity index is 1200. The number of methoxy groups -OCH3 is 1. The molecule has 1 aliphatic heterocycles. The molecule has 2 N–H and O–H groups in total. The summed E-state index contributed by atoms with van der Waals surface area (Å²) in [5, 5.41) is 20.8. The molecule has 8 heteroatoms. The van der Waals surface area contributed by atoms with Crippen LogP contribution in [0.15, 0.2) is 63.7 Å². The lowest BCUT2D eigenvalue weighted by Crippen LogP contribution is -2.14. The van der Waals surface area contributed by atoms with Crippen LogP contribution < -0.4 is 4.74 Å². The van der Waals surface area contributed by atoms with E-state index in [0.29, 0.717) is 21.8 Å². The monoisotopic (exact) mass is 481 g/mol. The van der Waals surface area contributed by atoms with Crippen LogP contribution in [0.5, 0.6) is 11.5 Å². The van der Waals surface area contributed by atoms with E-state index in [1.54, 1.807) is 37.3 Å². The molecule has 7 nitrogen and oxygen atoms in total. The summed E-state index contributed by atoms with van der Waals surface area (Å²) in [6.45, 7) is 7.98. The van der Waals surface area contributed by atoms with Gasteiger partial charge in [-0.3, -0.25) is 4.79 Å². The summed E-state index contributed by atoms with van der Waals surface area (Å²) in [6, 6.07) is 11.8. The topological polar surface area (TPSA) is 105 Å². The number of thioether (sulfide) groups is 1. The Balaban J connectivity index is 1.97. The third kappa shape index (κ3) is 5.51. The van der Waals surface area contributed by atoms with E-state index in [4.69, 9.17) is 9.47 Å². The zero-order chi connectivity index (χ0) is 25.0. The molecule has 0 saturated heterocycles. The number of phenolic OH excluding ortho intramolecular Hbond substituents is 1. The molecule has 34 heavy (non-hydrogen) atoms. The average Bonchev–Trinajstić information content (AvgIpc) is 3.08. The van der Waals surface area contributed by atoms with E-state index in [2.05, 4.69) is 25.8 Å². The fraction of sp³-hybridized carbons (Fsp3) is 0.269. The second-order valence-corrected chi connectivity index (χ2v) is 9.57. The molecule has 0 atom stereocenters. The van der Waals surface area contributed by atoms with Crippen molar-refractivity contribution in [3.8, 4) is 11.5 Å². The molecule has 0 spiro atoms. The number of rotatable bonds is 5. The van der Waals surface area contributed by atoms with E-state index in [0.717, 1.165) is 17.3 Å². The molecule has 0 bridgehead atoms. The molecule has 1 heterocycles. The van der Waals surface area contributed by atoms with Crippen LogP contribution in [0.4, 0.5) is 0 Å². The highest BCUT2D eigenvalue weighted by Crippen LogP contribution is 2.40. The van der Waals surface area contributed by atoms with Crippen molar-refractivity contribution in [1.29, 1.82) is 0 Å². The van der Waals surface area contributed by atoms with Crippen molar-refractivity contribution in [3.05, 3.63) is 75.4 Å². The number of aliphatic hydroxyl groups excluding tert-OH is 1. The summed E-state index contributed by atoms with van der Waals surface area (Å²) in [6.07, 6.45) is 1.57. The molecule has 2 aromatic rings. The second-order valence-electron chi connectivity index (χ2n) is 8.54. The molecule has 0 saturated carbocycles. The zero-order valence-electron chi connectivity index (χ0n) is 19.7. The summed E-state index contributed by atoms with van der Waals surface area (Å²) < 4.78 is 10.1. The lowest BCUT2D eigenvalue weighted by molar-refractivity contribution is -0.138. The zero-order valence-corrected chi connectivity index (χ0v) is 20.5. The van der Waals surface area contributed by atoms with E-state index >= 15 is 0 Å². The van der Waals surface area contributed by atoms with Gasteiger partial charge in [0.2, 0.25) is 0 Å². The molecule has 178 valence electrons. The third-order valence-corrected chi connectivity index (χ3v) is 6.09. The van der Waals surface area contributed by atoms with Gasteiger partial charge in [-0.05, 0) is 53.8 Å². The average molecular weight is 482 g/mol. The fourth-order valence-electron chi connectivity index (χ4n) is 3.21. The van der Waals surface area contributed by atoms with Gasteiger partial charge in [-0.1, -0.05) is 50.7 Å². The highest BCUT2D eigenvalue weighted by molar-refractivity contribution is 8.18. The Morgan fingerprint density at radius 1 is 1.09 bits per heavy atom. The minimum Gasteiger partial charge on any atom is -0.506 e. The maximum absolute atomic E-state index is 12.9. The number of ether oxygens (including phenoxy) is 2. The minimum atomic E-state index is -0.775. The lowest BCUT2D eigenvalue weighted by atomic mass is 9.87. The van der Waals surface area contributed by atoms with Crippen molar-refractivity contribution < 1.29 is 29.3 Å². The predicted molar refractivity (Wildman–Crippen MR) is 133 cm³/mol. The number of amides is 1. The maximum Gasteiger partial charge on any atom is 0.344 e. The summed E-state index contributed by atoms with van der Waals surface area (Å²) >= 11 is 0.975. The van der Waals surface area contributed by atoms with E-state index in [1.165, 1.54) is 13.2 Å². The summed E-state index contributed by atoms with van der Waals surface area (Å²) in [4.78, 5) is 29.8. The standard InChI is InChI=1S/C26H27NO6S/c1-6-33-25(31)21-22(29)20(14-15-7-12-19(32-5)18(28)13-15)34-24(21)27-23(30)16-8-10-17(11-9-16)26(2,3)4/h7-14,28-29H,6H2,1-5H3. The number of phenols is 1. The molecule has 0 radical (unpaired) electrons. The van der Waals surface area contributed by atoms with Crippen LogP contribution in [0.2, 0.25) is 0 Å². The van der Waals surface area contributed by atoms with Gasteiger partial charge in [0.05, 0.1) is 18.6 Å². The van der Waals surface area contributed by atoms with Gasteiger partial charge in [0.25, 0.3) is 5.91 Å². The Kier molecular flexibility index (Phi) is 7.51. The van der Waals surface area contributed by atoms with Crippen molar-refractivity contribution >= 4 is 34.8 Å². The van der Waals surface area contributed by atoms with Gasteiger partial charge < -0.3 is 19.7 Å². The van der Waals surface area contributed by atoms with Gasteiger partial charge in [0, 0.05) is 5.56 Å². The first kappa shape index (κ1) is 25.1. The van der Waals surface area contributed by atoms with Crippen LogP contribution in [-0.2, 0) is 14.9 Å².